The molecule has 0 aromatic heterocycles. The maximum Gasteiger partial charge on any atom is 0.226 e. The van der Waals surface area contributed by atoms with Gasteiger partial charge >= 0.3 is 0 Å². The molecule has 0 bridgehead atoms. The van der Waals surface area contributed by atoms with Crippen molar-refractivity contribution in [2.75, 3.05) is 30.9 Å². The molecular weight excluding hydrogens is 263 g/mol. The smallest absolute Gasteiger partial charge is 0.226 e. The second-order valence-electron chi connectivity index (χ2n) is 4.71. The topological polar surface area (TPSA) is 73.6 Å². The number of hydrogen-bond acceptors (Lipinski definition) is 4. The molecule has 1 aliphatic rings. The summed E-state index contributed by atoms with van der Waals surface area (Å²) in [4.78, 5) is 11.7. The number of amides is 1. The van der Waals surface area contributed by atoms with Crippen LogP contribution in [0.4, 0.5) is 15.8 Å². The van der Waals surface area contributed by atoms with Gasteiger partial charge in [-0.15, -0.1) is 0 Å². The first kappa shape index (κ1) is 14.7. The minimum Gasteiger partial charge on any atom is -0.397 e. The summed E-state index contributed by atoms with van der Waals surface area (Å²) in [5, 5.41) is 2.64. The van der Waals surface area contributed by atoms with E-state index in [2.05, 4.69) is 5.32 Å². The Bertz CT molecular complexity index is 462. The van der Waals surface area contributed by atoms with Gasteiger partial charge in [-0.05, 0) is 31.0 Å². The number of carbonyl (C=O) groups excluding carboxylic acids is 1. The van der Waals surface area contributed by atoms with E-state index in [0.29, 0.717) is 25.5 Å². The van der Waals surface area contributed by atoms with Crippen LogP contribution in [0.1, 0.15) is 19.3 Å². The van der Waals surface area contributed by atoms with Crippen LogP contribution >= 0.6 is 0 Å². The van der Waals surface area contributed by atoms with Gasteiger partial charge in [0.05, 0.1) is 30.5 Å². The highest BCUT2D eigenvalue weighted by Gasteiger charge is 2.14. The first-order valence-electron chi connectivity index (χ1n) is 6.69. The van der Waals surface area contributed by atoms with Crippen molar-refractivity contribution in [2.24, 2.45) is 0 Å². The number of halogens is 1. The molecule has 1 saturated heterocycles. The van der Waals surface area contributed by atoms with Crippen molar-refractivity contribution in [2.45, 2.75) is 25.4 Å². The van der Waals surface area contributed by atoms with Gasteiger partial charge in [-0.1, -0.05) is 0 Å². The summed E-state index contributed by atoms with van der Waals surface area (Å²) in [6.45, 7) is 1.78. The lowest BCUT2D eigenvalue weighted by Crippen LogP contribution is -2.25. The van der Waals surface area contributed by atoms with Crippen LogP contribution < -0.4 is 11.1 Å². The molecule has 0 radical (unpaired) electrons. The van der Waals surface area contributed by atoms with E-state index >= 15 is 0 Å². The summed E-state index contributed by atoms with van der Waals surface area (Å²) >= 11 is 0. The van der Waals surface area contributed by atoms with E-state index in [0.717, 1.165) is 12.8 Å². The second-order valence-corrected chi connectivity index (χ2v) is 4.71. The number of nitrogens with one attached hydrogen (secondary N) is 1. The Morgan fingerprint density at radius 1 is 1.45 bits per heavy atom. The summed E-state index contributed by atoms with van der Waals surface area (Å²) in [6, 6.07) is 3.88. The van der Waals surface area contributed by atoms with E-state index in [9.17, 15) is 9.18 Å². The van der Waals surface area contributed by atoms with Gasteiger partial charge in [-0.25, -0.2) is 4.39 Å². The molecule has 110 valence electrons. The zero-order valence-corrected chi connectivity index (χ0v) is 11.2. The fourth-order valence-electron chi connectivity index (χ4n) is 2.02. The Kier molecular flexibility index (Phi) is 5.31. The van der Waals surface area contributed by atoms with Crippen LogP contribution in [0.2, 0.25) is 0 Å². The largest absolute Gasteiger partial charge is 0.397 e. The molecule has 2 rings (SSSR count). The molecule has 1 aromatic rings. The minimum absolute atomic E-state index is 0.174. The molecule has 20 heavy (non-hydrogen) atoms. The highest BCUT2D eigenvalue weighted by Crippen LogP contribution is 2.19. The van der Waals surface area contributed by atoms with Crippen LogP contribution in [0, 0.1) is 5.82 Å². The Morgan fingerprint density at radius 2 is 2.20 bits per heavy atom. The number of carbonyl (C=O) groups is 1. The maximum absolute atomic E-state index is 12.9. The van der Waals surface area contributed by atoms with Gasteiger partial charge in [0.1, 0.15) is 5.82 Å². The average molecular weight is 282 g/mol. The Morgan fingerprint density at radius 3 is 2.90 bits per heavy atom. The summed E-state index contributed by atoms with van der Waals surface area (Å²) < 4.78 is 23.7. The molecule has 0 unspecified atom stereocenters. The standard InChI is InChI=1S/C14H19FN2O3/c15-10-1-2-13(12(16)9-10)17-14(18)5-8-20-11-3-6-19-7-4-11/h1-2,9,11H,3-8,16H2,(H,17,18). The number of nitrogen functional groups attached to an aromatic ring is 1. The van der Waals surface area contributed by atoms with Gasteiger partial charge in [-0.2, -0.15) is 0 Å². The van der Waals surface area contributed by atoms with Gasteiger partial charge in [0.15, 0.2) is 0 Å². The number of rotatable bonds is 5. The van der Waals surface area contributed by atoms with E-state index in [1.54, 1.807) is 0 Å². The van der Waals surface area contributed by atoms with Crippen LogP contribution in [0.15, 0.2) is 18.2 Å². The maximum atomic E-state index is 12.9. The van der Waals surface area contributed by atoms with E-state index < -0.39 is 5.82 Å². The molecule has 0 atom stereocenters. The van der Waals surface area contributed by atoms with E-state index in [4.69, 9.17) is 15.2 Å². The lowest BCUT2D eigenvalue weighted by Gasteiger charge is -2.22. The van der Waals surface area contributed by atoms with Crippen molar-refractivity contribution in [1.29, 1.82) is 0 Å². The predicted octanol–water partition coefficient (Wildman–Crippen LogP) is 1.93. The molecule has 1 aliphatic heterocycles. The minimum atomic E-state index is -0.427. The second kappa shape index (κ2) is 7.21. The summed E-state index contributed by atoms with van der Waals surface area (Å²) in [5.74, 6) is -0.626. The van der Waals surface area contributed by atoms with Crippen molar-refractivity contribution in [3.63, 3.8) is 0 Å². The number of benzene rings is 1. The summed E-state index contributed by atoms with van der Waals surface area (Å²) in [6.07, 6.45) is 2.15. The van der Waals surface area contributed by atoms with Crippen molar-refractivity contribution in [3.05, 3.63) is 24.0 Å². The summed E-state index contributed by atoms with van der Waals surface area (Å²) in [7, 11) is 0. The summed E-state index contributed by atoms with van der Waals surface area (Å²) in [5.41, 5.74) is 6.25. The van der Waals surface area contributed by atoms with Gasteiger partial charge < -0.3 is 20.5 Å². The molecule has 1 aromatic carbocycles. The monoisotopic (exact) mass is 282 g/mol. The molecule has 0 spiro atoms. The number of nitrogens with two attached hydrogens (primary N) is 1. The molecule has 0 aliphatic carbocycles. The molecule has 3 N–H and O–H groups in total. The molecule has 5 nitrogen and oxygen atoms in total. The van der Waals surface area contributed by atoms with Crippen LogP contribution in [0.3, 0.4) is 0 Å². The van der Waals surface area contributed by atoms with Crippen molar-refractivity contribution < 1.29 is 18.7 Å². The lowest BCUT2D eigenvalue weighted by atomic mass is 10.1. The third kappa shape index (κ3) is 4.47. The molecule has 0 saturated carbocycles. The SMILES string of the molecule is Nc1cc(F)ccc1NC(=O)CCOC1CCOCC1. The third-order valence-electron chi connectivity index (χ3n) is 3.14. The lowest BCUT2D eigenvalue weighted by molar-refractivity contribution is -0.118. The molecule has 1 heterocycles. The zero-order chi connectivity index (χ0) is 14.4. The van der Waals surface area contributed by atoms with E-state index in [1.165, 1.54) is 18.2 Å². The van der Waals surface area contributed by atoms with E-state index in [1.807, 2.05) is 0 Å². The molecule has 6 heteroatoms. The van der Waals surface area contributed by atoms with Gasteiger partial charge in [-0.3, -0.25) is 4.79 Å². The molecule has 1 amide bonds. The molecular formula is C14H19FN2O3. The normalized spacial score (nSPS) is 16.1. The zero-order valence-electron chi connectivity index (χ0n) is 11.2. The molecule has 1 fully saturated rings. The highest BCUT2D eigenvalue weighted by atomic mass is 19.1. The fraction of sp³-hybridized carbons (Fsp3) is 0.500. The Balaban J connectivity index is 1.72. The number of hydrogen-bond donors (Lipinski definition) is 2. The van der Waals surface area contributed by atoms with Crippen LogP contribution in [-0.2, 0) is 14.3 Å². The van der Waals surface area contributed by atoms with Crippen molar-refractivity contribution in [3.8, 4) is 0 Å². The average Bonchev–Trinajstić information content (AvgIpc) is 2.43. The Hall–Kier alpha value is -1.66. The van der Waals surface area contributed by atoms with Crippen LogP contribution in [0.5, 0.6) is 0 Å². The van der Waals surface area contributed by atoms with E-state index in [-0.39, 0.29) is 24.1 Å². The van der Waals surface area contributed by atoms with Gasteiger partial charge in [0.25, 0.3) is 0 Å². The van der Waals surface area contributed by atoms with Gasteiger partial charge in [0.2, 0.25) is 5.91 Å². The third-order valence-corrected chi connectivity index (χ3v) is 3.14. The van der Waals surface area contributed by atoms with Crippen LogP contribution in [0.25, 0.3) is 0 Å². The fourth-order valence-corrected chi connectivity index (χ4v) is 2.02. The number of ether oxygens (including phenoxy) is 2. The first-order chi connectivity index (χ1) is 9.65. The van der Waals surface area contributed by atoms with Crippen molar-refractivity contribution in [1.82, 2.24) is 0 Å². The first-order valence-corrected chi connectivity index (χ1v) is 6.69. The highest BCUT2D eigenvalue weighted by molar-refractivity contribution is 5.93. The predicted molar refractivity (Wildman–Crippen MR) is 73.9 cm³/mol. The van der Waals surface area contributed by atoms with Crippen molar-refractivity contribution >= 4 is 17.3 Å². The van der Waals surface area contributed by atoms with Crippen LogP contribution in [-0.4, -0.2) is 31.8 Å². The number of anilines is 2. The quantitative estimate of drug-likeness (QED) is 0.809. The Labute approximate surface area is 117 Å². The van der Waals surface area contributed by atoms with Gasteiger partial charge in [0, 0.05) is 13.2 Å².